The van der Waals surface area contributed by atoms with Gasteiger partial charge in [0.1, 0.15) is 17.0 Å². The van der Waals surface area contributed by atoms with Crippen LogP contribution in [0, 0.1) is 0 Å². The van der Waals surface area contributed by atoms with Crippen LogP contribution in [0.2, 0.25) is 0 Å². The molecule has 55 heavy (non-hydrogen) atoms. The molecule has 0 bridgehead atoms. The van der Waals surface area contributed by atoms with Gasteiger partial charge >= 0.3 is 0 Å². The van der Waals surface area contributed by atoms with Crippen LogP contribution >= 0.6 is 15.9 Å². The summed E-state index contributed by atoms with van der Waals surface area (Å²) in [5.74, 6) is 0.700. The van der Waals surface area contributed by atoms with Crippen LogP contribution in [0.15, 0.2) is 155 Å². The molecule has 1 aliphatic carbocycles. The summed E-state index contributed by atoms with van der Waals surface area (Å²) in [5, 5.41) is 14.9. The highest BCUT2D eigenvalue weighted by Gasteiger charge is 2.41. The summed E-state index contributed by atoms with van der Waals surface area (Å²) in [4.78, 5) is 23.4. The number of pyridine rings is 1. The molecule has 1 aliphatic heterocycles. The smallest absolute Gasteiger partial charge is 0.267 e. The zero-order valence-corrected chi connectivity index (χ0v) is 31.3. The van der Waals surface area contributed by atoms with Crippen molar-refractivity contribution in [1.29, 1.82) is 0 Å². The number of nitrogens with zero attached hydrogens (tertiary/aromatic N) is 7. The molecule has 0 saturated carbocycles. The molecule has 3 aromatic heterocycles. The van der Waals surface area contributed by atoms with Crippen LogP contribution in [-0.2, 0) is 18.5 Å². The van der Waals surface area contributed by atoms with E-state index in [0.717, 1.165) is 60.4 Å². The zero-order chi connectivity index (χ0) is 37.5. The van der Waals surface area contributed by atoms with Gasteiger partial charge in [0.15, 0.2) is 11.2 Å². The molecule has 1 amide bonds. The lowest BCUT2D eigenvalue weighted by atomic mass is 9.77. The Labute approximate surface area is 324 Å². The highest BCUT2D eigenvalue weighted by molar-refractivity contribution is 9.10. The van der Waals surface area contributed by atoms with Gasteiger partial charge < -0.3 is 14.7 Å². The normalized spacial score (nSPS) is 11.7. The molecule has 0 radical (unpaired) electrons. The third kappa shape index (κ3) is 5.62. The molecule has 4 aromatic carbocycles. The molecular formula is C44H33BrN8O2. The van der Waals surface area contributed by atoms with Gasteiger partial charge in [-0.15, -0.1) is 15.0 Å². The van der Waals surface area contributed by atoms with E-state index in [1.165, 1.54) is 0 Å². The van der Waals surface area contributed by atoms with Gasteiger partial charge in [-0.25, -0.2) is 9.97 Å². The number of hydrogen-bond acceptors (Lipinski definition) is 7. The van der Waals surface area contributed by atoms with E-state index in [2.05, 4.69) is 74.9 Å². The van der Waals surface area contributed by atoms with E-state index in [1.54, 1.807) is 29.5 Å². The molecule has 10 nitrogen and oxygen atoms in total. The van der Waals surface area contributed by atoms with E-state index < -0.39 is 11.4 Å². The number of benzene rings is 4. The Morgan fingerprint density at radius 2 is 1.36 bits per heavy atom. The number of fused-ring (bicyclic) bond motifs is 2. The molecule has 9 rings (SSSR count). The Morgan fingerprint density at radius 3 is 1.98 bits per heavy atom. The van der Waals surface area contributed by atoms with Crippen LogP contribution in [0.4, 0.5) is 0 Å². The fourth-order valence-electron chi connectivity index (χ4n) is 7.67. The number of carbonyl (C=O) groups is 1. The van der Waals surface area contributed by atoms with Gasteiger partial charge in [-0.1, -0.05) is 122 Å². The van der Waals surface area contributed by atoms with Gasteiger partial charge in [-0.3, -0.25) is 4.79 Å². The number of halogens is 1. The highest BCUT2D eigenvalue weighted by Crippen LogP contribution is 2.49. The highest BCUT2D eigenvalue weighted by atomic mass is 79.9. The average Bonchev–Trinajstić information content (AvgIpc) is 3.94. The maximum absolute atomic E-state index is 12.2. The lowest BCUT2D eigenvalue weighted by Gasteiger charge is -2.34. The molecule has 2 aliphatic rings. The molecule has 7 aromatic rings. The van der Waals surface area contributed by atoms with Crippen molar-refractivity contribution < 1.29 is 9.21 Å². The number of nitrogens with two attached hydrogens (primary N) is 1. The summed E-state index contributed by atoms with van der Waals surface area (Å²) in [6.45, 7) is 2.46. The van der Waals surface area contributed by atoms with E-state index in [-0.39, 0.29) is 5.69 Å². The fourth-order valence-corrected chi connectivity index (χ4v) is 8.43. The monoisotopic (exact) mass is 784 g/mol. The summed E-state index contributed by atoms with van der Waals surface area (Å²) < 4.78 is 8.62. The standard InChI is InChI=1S/C44H33BrN8O2/c1-2-38-47-37-23-22-36(41(46)54)48-43(37)52(38)26-34-31-24-25-55-27-35(31)40(45)39(34)32-20-12-13-21-33(32)42-49-51-53(50-42)44(28-14-6-3-7-15-28,29-16-8-4-9-17-29)30-18-10-5-11-19-30/h3-25,27H,2,26H2,1H3,(H2,46,54). The largest absolute Gasteiger partial charge is 0.472 e. The second-order valence-electron chi connectivity index (χ2n) is 13.2. The van der Waals surface area contributed by atoms with Gasteiger partial charge in [-0.05, 0) is 72.7 Å². The van der Waals surface area contributed by atoms with Crippen molar-refractivity contribution in [3.63, 3.8) is 0 Å². The summed E-state index contributed by atoms with van der Waals surface area (Å²) in [6.07, 6.45) is 4.07. The summed E-state index contributed by atoms with van der Waals surface area (Å²) >= 11 is 3.97. The molecule has 0 spiro atoms. The molecule has 2 N–H and O–H groups in total. The molecule has 0 saturated heterocycles. The van der Waals surface area contributed by atoms with Crippen LogP contribution in [0.5, 0.6) is 0 Å². The number of primary amides is 1. The zero-order valence-electron chi connectivity index (χ0n) is 29.7. The fraction of sp³-hybridized carbons (Fsp3) is 0.0909. The van der Waals surface area contributed by atoms with Crippen molar-refractivity contribution >= 4 is 33.0 Å². The van der Waals surface area contributed by atoms with Gasteiger partial charge in [0.2, 0.25) is 5.82 Å². The summed E-state index contributed by atoms with van der Waals surface area (Å²) in [6, 6.07) is 44.3. The minimum atomic E-state index is -0.929. The number of hydrogen-bond donors (Lipinski definition) is 1. The van der Waals surface area contributed by atoms with Crippen molar-refractivity contribution in [2.45, 2.75) is 25.4 Å². The van der Waals surface area contributed by atoms with E-state index >= 15 is 0 Å². The van der Waals surface area contributed by atoms with Crippen LogP contribution in [0.1, 0.15) is 45.5 Å². The van der Waals surface area contributed by atoms with Gasteiger partial charge in [0.05, 0.1) is 19.1 Å². The molecule has 0 fully saturated rings. The van der Waals surface area contributed by atoms with Gasteiger partial charge in [0, 0.05) is 27.6 Å². The number of carbonyl (C=O) groups excluding carboxylic acids is 1. The van der Waals surface area contributed by atoms with Gasteiger partial charge in [0.25, 0.3) is 5.91 Å². The van der Waals surface area contributed by atoms with Crippen LogP contribution in [0.25, 0.3) is 44.8 Å². The van der Waals surface area contributed by atoms with Crippen LogP contribution in [-0.4, -0.2) is 40.6 Å². The average molecular weight is 786 g/mol. The Morgan fingerprint density at radius 1 is 0.745 bits per heavy atom. The lowest BCUT2D eigenvalue weighted by Crippen LogP contribution is -2.39. The van der Waals surface area contributed by atoms with Crippen LogP contribution in [0.3, 0.4) is 0 Å². The maximum Gasteiger partial charge on any atom is 0.267 e. The van der Waals surface area contributed by atoms with E-state index in [9.17, 15) is 4.79 Å². The Kier molecular flexibility index (Phi) is 8.63. The Bertz CT molecular complexity index is 2680. The van der Waals surface area contributed by atoms with Crippen molar-refractivity contribution in [2.24, 2.45) is 5.73 Å². The molecule has 0 unspecified atom stereocenters. The minimum Gasteiger partial charge on any atom is -0.472 e. The van der Waals surface area contributed by atoms with Crippen molar-refractivity contribution in [2.75, 3.05) is 0 Å². The molecular weight excluding hydrogens is 752 g/mol. The topological polar surface area (TPSA) is 131 Å². The van der Waals surface area contributed by atoms with Crippen molar-refractivity contribution in [3.05, 3.63) is 184 Å². The second-order valence-corrected chi connectivity index (χ2v) is 14.0. The summed E-state index contributed by atoms with van der Waals surface area (Å²) in [7, 11) is 0. The predicted molar refractivity (Wildman–Crippen MR) is 214 cm³/mol. The third-order valence-corrected chi connectivity index (χ3v) is 11.0. The minimum absolute atomic E-state index is 0.181. The van der Waals surface area contributed by atoms with E-state index in [0.29, 0.717) is 30.0 Å². The Balaban J connectivity index is 1.25. The number of aromatic nitrogens is 7. The first-order valence-electron chi connectivity index (χ1n) is 17.9. The van der Waals surface area contributed by atoms with E-state index in [4.69, 9.17) is 30.5 Å². The first kappa shape index (κ1) is 34.1. The van der Waals surface area contributed by atoms with Crippen LogP contribution < -0.4 is 5.73 Å². The molecule has 4 heterocycles. The first-order valence-corrected chi connectivity index (χ1v) is 18.7. The second kappa shape index (κ2) is 13.9. The third-order valence-electron chi connectivity index (χ3n) is 10.2. The SMILES string of the molecule is CCc1nc2ccc(C(N)=O)nc2n1Cc1c2ccocc-2c(Br)c1-c1ccccc1-c1nnn(C(c2ccccc2)(c2ccccc2)c2ccccc2)n1. The number of rotatable bonds is 10. The Hall–Kier alpha value is -6.72. The van der Waals surface area contributed by atoms with E-state index in [1.807, 2.05) is 78.9 Å². The number of aryl methyl sites for hydroxylation is 1. The van der Waals surface area contributed by atoms with Gasteiger partial charge in [-0.2, -0.15) is 0 Å². The number of imidazole rings is 1. The number of tetrazole rings is 1. The quantitative estimate of drug-likeness (QED) is 0.137. The summed E-state index contributed by atoms with van der Waals surface area (Å²) in [5.41, 5.74) is 14.7. The maximum atomic E-state index is 12.2. The molecule has 11 heteroatoms. The number of amides is 1. The van der Waals surface area contributed by atoms with Crippen molar-refractivity contribution in [3.8, 4) is 33.6 Å². The molecule has 268 valence electrons. The molecule has 0 atom stereocenters. The lowest BCUT2D eigenvalue weighted by molar-refractivity contribution is 0.0996. The van der Waals surface area contributed by atoms with Crippen molar-refractivity contribution in [1.82, 2.24) is 34.7 Å². The first-order chi connectivity index (χ1) is 27.0. The predicted octanol–water partition coefficient (Wildman–Crippen LogP) is 8.76.